The Bertz CT molecular complexity index is 554. The van der Waals surface area contributed by atoms with Gasteiger partial charge in [-0.15, -0.1) is 4.91 Å². The number of methoxy groups -OCH3 is 1. The molecule has 8 nitrogen and oxygen atoms in total. The molecule has 1 atom stereocenters. The molecule has 0 radical (unpaired) electrons. The number of nitroso groups, excluding NO2 is 1. The lowest BCUT2D eigenvalue weighted by molar-refractivity contribution is 0.0576. The fourth-order valence-corrected chi connectivity index (χ4v) is 1.68. The molecular formula is C13H18N2O6. The first-order chi connectivity index (χ1) is 10.0. The van der Waals surface area contributed by atoms with Gasteiger partial charge in [-0.25, -0.2) is 4.79 Å². The second-order valence-electron chi connectivity index (χ2n) is 4.29. The van der Waals surface area contributed by atoms with Gasteiger partial charge in [0, 0.05) is 12.3 Å². The Morgan fingerprint density at radius 1 is 1.52 bits per heavy atom. The van der Waals surface area contributed by atoms with Gasteiger partial charge in [-0.05, 0) is 11.6 Å². The van der Waals surface area contributed by atoms with Gasteiger partial charge in [0.05, 0.1) is 20.3 Å². The summed E-state index contributed by atoms with van der Waals surface area (Å²) in [7, 11) is 1.16. The number of aliphatic hydroxyl groups excluding tert-OH is 1. The number of nitrogens with zero attached hydrogens (tertiary/aromatic N) is 2. The van der Waals surface area contributed by atoms with Crippen LogP contribution in [0.1, 0.15) is 30.3 Å². The van der Waals surface area contributed by atoms with E-state index in [1.807, 2.05) is 6.92 Å². The van der Waals surface area contributed by atoms with E-state index in [9.17, 15) is 19.6 Å². The third-order valence-electron chi connectivity index (χ3n) is 2.74. The van der Waals surface area contributed by atoms with E-state index >= 15 is 0 Å². The lowest BCUT2D eigenvalue weighted by atomic mass is 10.2. The van der Waals surface area contributed by atoms with Crippen molar-refractivity contribution in [1.82, 2.24) is 4.57 Å². The van der Waals surface area contributed by atoms with Gasteiger partial charge in [0.2, 0.25) is 11.7 Å². The van der Waals surface area contributed by atoms with Crippen LogP contribution in [0.15, 0.2) is 22.2 Å². The second kappa shape index (κ2) is 8.15. The number of rotatable bonds is 8. The average molecular weight is 298 g/mol. The number of hydrogen-bond acceptors (Lipinski definition) is 7. The van der Waals surface area contributed by atoms with Crippen molar-refractivity contribution in [2.75, 3.05) is 13.7 Å². The van der Waals surface area contributed by atoms with E-state index in [-0.39, 0.29) is 24.6 Å². The summed E-state index contributed by atoms with van der Waals surface area (Å²) in [4.78, 5) is 34.0. The van der Waals surface area contributed by atoms with Gasteiger partial charge in [0.15, 0.2) is 11.4 Å². The Kier molecular flexibility index (Phi) is 6.54. The molecular weight excluding hydrogens is 280 g/mol. The predicted octanol–water partition coefficient (Wildman–Crippen LogP) is 0.899. The van der Waals surface area contributed by atoms with Crippen LogP contribution < -0.4 is 10.2 Å². The number of aliphatic hydroxyl groups is 1. The summed E-state index contributed by atoms with van der Waals surface area (Å²) >= 11 is 0. The lowest BCUT2D eigenvalue weighted by Crippen LogP contribution is -2.25. The Morgan fingerprint density at radius 3 is 2.81 bits per heavy atom. The highest BCUT2D eigenvalue weighted by atomic mass is 16.5. The van der Waals surface area contributed by atoms with E-state index in [4.69, 9.17) is 4.74 Å². The van der Waals surface area contributed by atoms with Crippen molar-refractivity contribution in [1.29, 1.82) is 0 Å². The van der Waals surface area contributed by atoms with E-state index in [0.717, 1.165) is 13.5 Å². The Balaban J connectivity index is 3.24. The summed E-state index contributed by atoms with van der Waals surface area (Å²) in [5, 5.41) is 11.7. The van der Waals surface area contributed by atoms with Crippen LogP contribution in [0.25, 0.3) is 0 Å². The van der Waals surface area contributed by atoms with Crippen LogP contribution in [0, 0.1) is 4.91 Å². The zero-order valence-electron chi connectivity index (χ0n) is 11.9. The van der Waals surface area contributed by atoms with E-state index in [1.165, 1.54) is 16.8 Å². The Morgan fingerprint density at radius 2 is 2.24 bits per heavy atom. The van der Waals surface area contributed by atoms with Crippen LogP contribution >= 0.6 is 0 Å². The van der Waals surface area contributed by atoms with Gasteiger partial charge >= 0.3 is 5.97 Å². The van der Waals surface area contributed by atoms with Crippen molar-refractivity contribution in [3.63, 3.8) is 0 Å². The third kappa shape index (κ3) is 4.38. The lowest BCUT2D eigenvalue weighted by Gasteiger charge is -2.16. The summed E-state index contributed by atoms with van der Waals surface area (Å²) in [6, 6.07) is 1.19. The third-order valence-corrected chi connectivity index (χ3v) is 2.74. The molecule has 1 N–H and O–H groups in total. The van der Waals surface area contributed by atoms with Gasteiger partial charge in [-0.1, -0.05) is 13.3 Å². The van der Waals surface area contributed by atoms with Crippen LogP contribution in [-0.4, -0.2) is 35.6 Å². The molecule has 0 aliphatic rings. The summed E-state index contributed by atoms with van der Waals surface area (Å²) in [5.74, 6) is -0.951. The SMILES string of the molecule is CCCCOc1c(C(=O)OC)n(CC(O)N=O)ccc1=O. The zero-order chi connectivity index (χ0) is 15.8. The molecule has 1 aromatic heterocycles. The summed E-state index contributed by atoms with van der Waals surface area (Å²) in [5.41, 5.74) is -0.625. The highest BCUT2D eigenvalue weighted by molar-refractivity contribution is 5.90. The quantitative estimate of drug-likeness (QED) is 0.434. The highest BCUT2D eigenvalue weighted by Crippen LogP contribution is 2.16. The molecule has 0 fully saturated rings. The van der Waals surface area contributed by atoms with Gasteiger partial charge in [-0.2, -0.15) is 0 Å². The highest BCUT2D eigenvalue weighted by Gasteiger charge is 2.22. The Hall–Kier alpha value is -2.22. The molecule has 0 saturated heterocycles. The monoisotopic (exact) mass is 298 g/mol. The molecule has 0 aliphatic heterocycles. The molecule has 1 unspecified atom stereocenters. The topological polar surface area (TPSA) is 107 Å². The van der Waals surface area contributed by atoms with Crippen molar-refractivity contribution in [2.45, 2.75) is 32.5 Å². The predicted molar refractivity (Wildman–Crippen MR) is 74.2 cm³/mol. The second-order valence-corrected chi connectivity index (χ2v) is 4.29. The number of ether oxygens (including phenoxy) is 2. The molecule has 21 heavy (non-hydrogen) atoms. The molecule has 0 aliphatic carbocycles. The smallest absolute Gasteiger partial charge is 0.358 e. The molecule has 1 rings (SSSR count). The van der Waals surface area contributed by atoms with Gasteiger partial charge in [-0.3, -0.25) is 4.79 Å². The minimum absolute atomic E-state index is 0.149. The van der Waals surface area contributed by atoms with Gasteiger partial charge < -0.3 is 19.1 Å². The minimum atomic E-state index is -1.54. The molecule has 0 spiro atoms. The summed E-state index contributed by atoms with van der Waals surface area (Å²) in [6.45, 7) is 1.95. The Labute approximate surface area is 121 Å². The molecule has 0 aromatic carbocycles. The molecule has 116 valence electrons. The number of aromatic nitrogens is 1. The number of carbonyl (C=O) groups is 1. The van der Waals surface area contributed by atoms with Crippen molar-refractivity contribution < 1.29 is 19.4 Å². The van der Waals surface area contributed by atoms with Crippen molar-refractivity contribution in [2.24, 2.45) is 5.18 Å². The van der Waals surface area contributed by atoms with Crippen molar-refractivity contribution in [3.05, 3.63) is 33.1 Å². The number of hydrogen-bond donors (Lipinski definition) is 1. The molecule has 8 heteroatoms. The maximum Gasteiger partial charge on any atom is 0.358 e. The van der Waals surface area contributed by atoms with Crippen molar-refractivity contribution in [3.8, 4) is 5.75 Å². The summed E-state index contributed by atoms with van der Waals surface area (Å²) < 4.78 is 11.2. The van der Waals surface area contributed by atoms with E-state index < -0.39 is 17.6 Å². The minimum Gasteiger partial charge on any atom is -0.487 e. The molecule has 0 saturated carbocycles. The number of esters is 1. The largest absolute Gasteiger partial charge is 0.487 e. The maximum absolute atomic E-state index is 11.9. The number of carbonyl (C=O) groups excluding carboxylic acids is 1. The normalized spacial score (nSPS) is 11.8. The first-order valence-electron chi connectivity index (χ1n) is 6.50. The van der Waals surface area contributed by atoms with E-state index in [1.54, 1.807) is 0 Å². The van der Waals surface area contributed by atoms with Crippen LogP contribution in [0.3, 0.4) is 0 Å². The van der Waals surface area contributed by atoms with E-state index in [0.29, 0.717) is 6.42 Å². The first-order valence-corrected chi connectivity index (χ1v) is 6.50. The van der Waals surface area contributed by atoms with Crippen LogP contribution in [0.2, 0.25) is 0 Å². The molecule has 0 amide bonds. The first kappa shape index (κ1) is 16.8. The van der Waals surface area contributed by atoms with Crippen LogP contribution in [0.4, 0.5) is 0 Å². The standard InChI is InChI=1S/C13H18N2O6/c1-3-4-7-21-12-9(16)5-6-15(8-10(17)14-19)11(12)13(18)20-2/h5-6,10,17H,3-4,7-8H2,1-2H3. The average Bonchev–Trinajstić information content (AvgIpc) is 2.49. The van der Waals surface area contributed by atoms with E-state index in [2.05, 4.69) is 9.91 Å². The number of unbranched alkanes of at least 4 members (excludes halogenated alkanes) is 1. The fourth-order valence-electron chi connectivity index (χ4n) is 1.68. The molecule has 1 heterocycles. The number of pyridine rings is 1. The van der Waals surface area contributed by atoms with Gasteiger partial charge in [0.25, 0.3) is 0 Å². The van der Waals surface area contributed by atoms with Crippen LogP contribution in [0.5, 0.6) is 5.75 Å². The molecule has 0 bridgehead atoms. The zero-order valence-corrected chi connectivity index (χ0v) is 11.9. The van der Waals surface area contributed by atoms with Crippen molar-refractivity contribution >= 4 is 5.97 Å². The van der Waals surface area contributed by atoms with Gasteiger partial charge in [0.1, 0.15) is 0 Å². The van der Waals surface area contributed by atoms with Crippen LogP contribution in [-0.2, 0) is 11.3 Å². The maximum atomic E-state index is 11.9. The molecule has 1 aromatic rings. The fraction of sp³-hybridized carbons (Fsp3) is 0.538. The summed E-state index contributed by atoms with van der Waals surface area (Å²) in [6.07, 6.45) is 1.31.